The van der Waals surface area contributed by atoms with E-state index in [0.29, 0.717) is 23.3 Å². The summed E-state index contributed by atoms with van der Waals surface area (Å²) in [7, 11) is 0. The van der Waals surface area contributed by atoms with E-state index in [9.17, 15) is 14.4 Å². The summed E-state index contributed by atoms with van der Waals surface area (Å²) in [6.07, 6.45) is 0.494. The van der Waals surface area contributed by atoms with E-state index in [-0.39, 0.29) is 36.2 Å². The first-order valence-corrected chi connectivity index (χ1v) is 9.04. The molecule has 2 aromatic rings. The second kappa shape index (κ2) is 7.35. The lowest BCUT2D eigenvalue weighted by molar-refractivity contribution is -0.134. The molecule has 0 saturated heterocycles. The third kappa shape index (κ3) is 3.92. The fourth-order valence-corrected chi connectivity index (χ4v) is 3.17. The van der Waals surface area contributed by atoms with E-state index in [1.807, 2.05) is 18.2 Å². The summed E-state index contributed by atoms with van der Waals surface area (Å²) < 4.78 is 5.52. The van der Waals surface area contributed by atoms with E-state index in [1.54, 1.807) is 30.3 Å². The quantitative estimate of drug-likeness (QED) is 0.457. The molecule has 1 heterocycles. The van der Waals surface area contributed by atoms with Crippen LogP contribution in [0.2, 0.25) is 0 Å². The van der Waals surface area contributed by atoms with Crippen LogP contribution >= 0.6 is 0 Å². The Balaban J connectivity index is 1.57. The largest absolute Gasteiger partial charge is 0.426 e. The van der Waals surface area contributed by atoms with Crippen molar-refractivity contribution in [3.63, 3.8) is 0 Å². The summed E-state index contributed by atoms with van der Waals surface area (Å²) in [5, 5.41) is 0. The number of rotatable bonds is 5. The van der Waals surface area contributed by atoms with Gasteiger partial charge in [0.05, 0.1) is 11.1 Å². The minimum atomic E-state index is -0.372. The second-order valence-corrected chi connectivity index (χ2v) is 7.63. The number of hydrogen-bond acceptors (Lipinski definition) is 4. The summed E-state index contributed by atoms with van der Waals surface area (Å²) in [5.74, 6) is -0.428. The molecule has 0 bridgehead atoms. The number of fused-ring (bicyclic) bond motifs is 1. The van der Waals surface area contributed by atoms with E-state index in [0.717, 1.165) is 5.56 Å². The van der Waals surface area contributed by atoms with Crippen molar-refractivity contribution < 1.29 is 19.1 Å². The summed E-state index contributed by atoms with van der Waals surface area (Å²) in [4.78, 5) is 38.1. The van der Waals surface area contributed by atoms with Gasteiger partial charge in [0, 0.05) is 18.5 Å². The van der Waals surface area contributed by atoms with Gasteiger partial charge in [-0.05, 0) is 30.0 Å². The molecule has 5 nitrogen and oxygen atoms in total. The number of benzene rings is 2. The van der Waals surface area contributed by atoms with Crippen molar-refractivity contribution in [1.29, 1.82) is 0 Å². The first-order chi connectivity index (χ1) is 12.8. The van der Waals surface area contributed by atoms with Gasteiger partial charge in [0.1, 0.15) is 5.75 Å². The molecule has 0 atom stereocenters. The van der Waals surface area contributed by atoms with Gasteiger partial charge in [-0.25, -0.2) is 0 Å². The van der Waals surface area contributed by atoms with Crippen LogP contribution in [0.25, 0.3) is 0 Å². The lowest BCUT2D eigenvalue weighted by Crippen LogP contribution is -2.31. The first kappa shape index (κ1) is 18.8. The number of carbonyl (C=O) groups is 3. The number of ether oxygens (including phenoxy) is 1. The van der Waals surface area contributed by atoms with E-state index in [4.69, 9.17) is 4.74 Å². The molecule has 27 heavy (non-hydrogen) atoms. The number of nitrogens with zero attached hydrogens (tertiary/aromatic N) is 1. The lowest BCUT2D eigenvalue weighted by atomic mass is 9.86. The van der Waals surface area contributed by atoms with Gasteiger partial charge in [-0.1, -0.05) is 51.1 Å². The van der Waals surface area contributed by atoms with Crippen LogP contribution < -0.4 is 4.74 Å². The molecule has 1 aliphatic rings. The Bertz CT molecular complexity index is 860. The fraction of sp³-hybridized carbons (Fsp3) is 0.318. The Hall–Kier alpha value is -2.95. The number of carbonyl (C=O) groups excluding carboxylic acids is 3. The SMILES string of the molecule is CC(C)(C)c1ccccc1OC(=O)CCCN1C(=O)c2ccccc2C1=O. The highest BCUT2D eigenvalue weighted by Crippen LogP contribution is 2.31. The van der Waals surface area contributed by atoms with Crippen LogP contribution in [0.3, 0.4) is 0 Å². The van der Waals surface area contributed by atoms with Crippen LogP contribution in [0.4, 0.5) is 0 Å². The second-order valence-electron chi connectivity index (χ2n) is 7.63. The Labute approximate surface area is 158 Å². The third-order valence-corrected chi connectivity index (χ3v) is 4.56. The van der Waals surface area contributed by atoms with Crippen LogP contribution in [0.15, 0.2) is 48.5 Å². The predicted octanol–water partition coefficient (Wildman–Crippen LogP) is 3.97. The molecular weight excluding hydrogens is 342 g/mol. The van der Waals surface area contributed by atoms with Crippen LogP contribution in [0, 0.1) is 0 Å². The zero-order valence-corrected chi connectivity index (χ0v) is 15.8. The normalized spacial score (nSPS) is 13.7. The standard InChI is InChI=1S/C22H23NO4/c1-22(2,3)17-11-6-7-12-18(17)27-19(24)13-8-14-23-20(25)15-9-4-5-10-16(15)21(23)26/h4-7,9-12H,8,13-14H2,1-3H3. The summed E-state index contributed by atoms with van der Waals surface area (Å²) in [6.45, 7) is 6.37. The molecule has 0 fully saturated rings. The van der Waals surface area contributed by atoms with Gasteiger partial charge >= 0.3 is 5.97 Å². The van der Waals surface area contributed by atoms with Gasteiger partial charge in [-0.15, -0.1) is 0 Å². The topological polar surface area (TPSA) is 63.7 Å². The smallest absolute Gasteiger partial charge is 0.311 e. The monoisotopic (exact) mass is 365 g/mol. The molecule has 0 unspecified atom stereocenters. The summed E-state index contributed by atoms with van der Waals surface area (Å²) in [6, 6.07) is 14.2. The number of para-hydroxylation sites is 1. The van der Waals surface area contributed by atoms with Crippen molar-refractivity contribution in [3.8, 4) is 5.75 Å². The Kier molecular flexibility index (Phi) is 5.13. The molecule has 1 aliphatic heterocycles. The van der Waals surface area contributed by atoms with Gasteiger partial charge < -0.3 is 4.74 Å². The van der Waals surface area contributed by atoms with Crippen molar-refractivity contribution >= 4 is 17.8 Å². The molecule has 2 aromatic carbocycles. The lowest BCUT2D eigenvalue weighted by Gasteiger charge is -2.22. The minimum Gasteiger partial charge on any atom is -0.426 e. The van der Waals surface area contributed by atoms with Crippen molar-refractivity contribution in [2.75, 3.05) is 6.54 Å². The molecule has 3 rings (SSSR count). The zero-order chi connectivity index (χ0) is 19.6. The van der Waals surface area contributed by atoms with Gasteiger partial charge in [-0.3, -0.25) is 19.3 Å². The summed E-state index contributed by atoms with van der Waals surface area (Å²) >= 11 is 0. The highest BCUT2D eigenvalue weighted by Gasteiger charge is 2.34. The van der Waals surface area contributed by atoms with Gasteiger partial charge in [0.2, 0.25) is 0 Å². The maximum absolute atomic E-state index is 12.3. The molecule has 5 heteroatoms. The first-order valence-electron chi connectivity index (χ1n) is 9.04. The molecule has 0 aliphatic carbocycles. The van der Waals surface area contributed by atoms with Crippen LogP contribution in [0.1, 0.15) is 59.9 Å². The number of hydrogen-bond donors (Lipinski definition) is 0. The predicted molar refractivity (Wildman–Crippen MR) is 102 cm³/mol. The fourth-order valence-electron chi connectivity index (χ4n) is 3.17. The van der Waals surface area contributed by atoms with E-state index < -0.39 is 0 Å². The summed E-state index contributed by atoms with van der Waals surface area (Å²) in [5.41, 5.74) is 1.66. The third-order valence-electron chi connectivity index (χ3n) is 4.56. The van der Waals surface area contributed by atoms with E-state index in [2.05, 4.69) is 20.8 Å². The Morgan fingerprint density at radius 2 is 1.48 bits per heavy atom. The highest BCUT2D eigenvalue weighted by molar-refractivity contribution is 6.21. The maximum Gasteiger partial charge on any atom is 0.311 e. The highest BCUT2D eigenvalue weighted by atomic mass is 16.5. The molecular formula is C22H23NO4. The average molecular weight is 365 g/mol. The number of amides is 2. The van der Waals surface area contributed by atoms with Crippen molar-refractivity contribution in [3.05, 3.63) is 65.2 Å². The van der Waals surface area contributed by atoms with Gasteiger partial charge in [-0.2, -0.15) is 0 Å². The number of esters is 1. The van der Waals surface area contributed by atoms with Crippen molar-refractivity contribution in [2.45, 2.75) is 39.0 Å². The van der Waals surface area contributed by atoms with Crippen molar-refractivity contribution in [1.82, 2.24) is 4.90 Å². The van der Waals surface area contributed by atoms with E-state index >= 15 is 0 Å². The maximum atomic E-state index is 12.3. The van der Waals surface area contributed by atoms with E-state index in [1.165, 1.54) is 4.90 Å². The van der Waals surface area contributed by atoms with Crippen LogP contribution in [-0.4, -0.2) is 29.2 Å². The number of imide groups is 1. The average Bonchev–Trinajstić information content (AvgIpc) is 2.86. The zero-order valence-electron chi connectivity index (χ0n) is 15.8. The molecule has 140 valence electrons. The Morgan fingerprint density at radius 3 is 2.07 bits per heavy atom. The van der Waals surface area contributed by atoms with Crippen LogP contribution in [0.5, 0.6) is 5.75 Å². The molecule has 0 spiro atoms. The van der Waals surface area contributed by atoms with Gasteiger partial charge in [0.25, 0.3) is 11.8 Å². The van der Waals surface area contributed by atoms with Crippen LogP contribution in [-0.2, 0) is 10.2 Å². The van der Waals surface area contributed by atoms with Gasteiger partial charge in [0.15, 0.2) is 0 Å². The molecule has 0 saturated carbocycles. The molecule has 0 N–H and O–H groups in total. The minimum absolute atomic E-state index is 0.131. The molecule has 2 amide bonds. The Morgan fingerprint density at radius 1 is 0.926 bits per heavy atom. The molecule has 0 aromatic heterocycles. The molecule has 0 radical (unpaired) electrons. The van der Waals surface area contributed by atoms with Crippen molar-refractivity contribution in [2.24, 2.45) is 0 Å².